The highest BCUT2D eigenvalue weighted by Crippen LogP contribution is 2.68. The zero-order valence-electron chi connectivity index (χ0n) is 13.4. The third-order valence-corrected chi connectivity index (χ3v) is 7.93. The van der Waals surface area contributed by atoms with Crippen molar-refractivity contribution in [1.82, 2.24) is 0 Å². The van der Waals surface area contributed by atoms with Crippen LogP contribution in [-0.4, -0.2) is 12.0 Å². The molecule has 0 heterocycles. The van der Waals surface area contributed by atoms with Crippen molar-refractivity contribution in [2.75, 3.05) is 0 Å². The van der Waals surface area contributed by atoms with Gasteiger partial charge >= 0.3 is 0 Å². The van der Waals surface area contributed by atoms with Gasteiger partial charge in [-0.2, -0.15) is 0 Å². The smallest absolute Gasteiger partial charge is 0.137 e. The lowest BCUT2D eigenvalue weighted by Crippen LogP contribution is -2.51. The molecule has 2 saturated carbocycles. The lowest BCUT2D eigenvalue weighted by molar-refractivity contribution is -0.119. The number of rotatable bonds is 0. The first-order valence-electron chi connectivity index (χ1n) is 8.82. The number of halogens is 1. The number of carbonyl (C=O) groups excluding carboxylic acids is 1. The van der Waals surface area contributed by atoms with Crippen molar-refractivity contribution in [3.63, 3.8) is 0 Å². The SMILES string of the molecule is CC12CCC3C4=C(CC[C@H]3C1(C)CCC2F)CC(=O)CC4. The number of allylic oxidation sites excluding steroid dienone is 2. The van der Waals surface area contributed by atoms with E-state index in [2.05, 4.69) is 13.8 Å². The van der Waals surface area contributed by atoms with Crippen LogP contribution in [-0.2, 0) is 4.79 Å². The molecule has 116 valence electrons. The van der Waals surface area contributed by atoms with Crippen LogP contribution in [0.2, 0.25) is 0 Å². The summed E-state index contributed by atoms with van der Waals surface area (Å²) in [5.41, 5.74) is 3.16. The monoisotopic (exact) mass is 290 g/mol. The number of hydrogen-bond donors (Lipinski definition) is 0. The van der Waals surface area contributed by atoms with Gasteiger partial charge < -0.3 is 0 Å². The molecule has 2 fully saturated rings. The first-order chi connectivity index (χ1) is 9.96. The fraction of sp³-hybridized carbons (Fsp3) is 0.842. The van der Waals surface area contributed by atoms with E-state index < -0.39 is 6.17 Å². The number of hydrogen-bond acceptors (Lipinski definition) is 1. The van der Waals surface area contributed by atoms with Gasteiger partial charge in [0.1, 0.15) is 12.0 Å². The summed E-state index contributed by atoms with van der Waals surface area (Å²) >= 11 is 0. The van der Waals surface area contributed by atoms with Crippen molar-refractivity contribution >= 4 is 5.78 Å². The van der Waals surface area contributed by atoms with E-state index in [-0.39, 0.29) is 10.8 Å². The second-order valence-corrected chi connectivity index (χ2v) is 8.48. The van der Waals surface area contributed by atoms with Crippen LogP contribution in [0.15, 0.2) is 11.1 Å². The third kappa shape index (κ3) is 1.71. The van der Waals surface area contributed by atoms with Gasteiger partial charge in [0.25, 0.3) is 0 Å². The Balaban J connectivity index is 1.71. The van der Waals surface area contributed by atoms with Gasteiger partial charge in [-0.25, -0.2) is 4.39 Å². The molecule has 0 amide bonds. The van der Waals surface area contributed by atoms with E-state index in [0.29, 0.717) is 17.6 Å². The van der Waals surface area contributed by atoms with E-state index >= 15 is 0 Å². The number of fused-ring (bicyclic) bond motifs is 4. The fourth-order valence-corrected chi connectivity index (χ4v) is 6.39. The van der Waals surface area contributed by atoms with E-state index in [4.69, 9.17) is 0 Å². The fourth-order valence-electron chi connectivity index (χ4n) is 6.39. The van der Waals surface area contributed by atoms with Crippen molar-refractivity contribution < 1.29 is 9.18 Å². The molecule has 0 spiro atoms. The van der Waals surface area contributed by atoms with Gasteiger partial charge in [-0.05, 0) is 62.2 Å². The molecule has 0 saturated heterocycles. The Bertz CT molecular complexity index is 522. The lowest BCUT2D eigenvalue weighted by Gasteiger charge is -2.57. The molecule has 1 nitrogen and oxygen atoms in total. The van der Waals surface area contributed by atoms with Crippen LogP contribution < -0.4 is 0 Å². The molecule has 0 radical (unpaired) electrons. The first kappa shape index (κ1) is 14.0. The highest BCUT2D eigenvalue weighted by atomic mass is 19.1. The Morgan fingerprint density at radius 3 is 2.57 bits per heavy atom. The Kier molecular flexibility index (Phi) is 2.94. The van der Waals surface area contributed by atoms with Gasteiger partial charge in [-0.15, -0.1) is 0 Å². The van der Waals surface area contributed by atoms with E-state index in [0.717, 1.165) is 51.4 Å². The summed E-state index contributed by atoms with van der Waals surface area (Å²) in [5, 5.41) is 0. The number of carbonyl (C=O) groups is 1. The number of Topliss-reactive ketones (excluding diaryl/α,β-unsaturated/α-hetero) is 1. The maximum Gasteiger partial charge on any atom is 0.137 e. The maximum atomic E-state index is 14.6. The van der Waals surface area contributed by atoms with E-state index in [1.165, 1.54) is 12.0 Å². The molecule has 0 aromatic heterocycles. The second kappa shape index (κ2) is 4.43. The molecule has 0 bridgehead atoms. The summed E-state index contributed by atoms with van der Waals surface area (Å²) in [5.74, 6) is 1.75. The molecule has 0 aromatic carbocycles. The standard InChI is InChI=1S/C19H27FO/c1-18-10-8-17(20)19(18,2)9-7-15-14-5-4-13(21)11-12(14)3-6-16(15)18/h15-17H,3-11H2,1-2H3/t15?,16-,17?,18?,19?/m1/s1. The molecule has 5 atom stereocenters. The minimum absolute atomic E-state index is 0.100. The van der Waals surface area contributed by atoms with Gasteiger partial charge in [0.05, 0.1) is 0 Å². The van der Waals surface area contributed by atoms with Crippen LogP contribution in [0.5, 0.6) is 0 Å². The summed E-state index contributed by atoms with van der Waals surface area (Å²) in [6.07, 6.45) is 8.18. The molecule has 0 N–H and O–H groups in total. The zero-order valence-corrected chi connectivity index (χ0v) is 13.4. The Hall–Kier alpha value is -0.660. The predicted octanol–water partition coefficient (Wildman–Crippen LogP) is 5.00. The summed E-state index contributed by atoms with van der Waals surface area (Å²) in [6.45, 7) is 4.60. The minimum atomic E-state index is -0.605. The van der Waals surface area contributed by atoms with Crippen LogP contribution >= 0.6 is 0 Å². The second-order valence-electron chi connectivity index (χ2n) is 8.48. The quantitative estimate of drug-likeness (QED) is 0.574. The van der Waals surface area contributed by atoms with Gasteiger partial charge in [0, 0.05) is 18.3 Å². The number of ketones is 1. The molecule has 4 unspecified atom stereocenters. The Morgan fingerprint density at radius 2 is 1.76 bits per heavy atom. The highest BCUT2D eigenvalue weighted by molar-refractivity contribution is 5.82. The minimum Gasteiger partial charge on any atom is -0.299 e. The van der Waals surface area contributed by atoms with Gasteiger partial charge in [0.15, 0.2) is 0 Å². The highest BCUT2D eigenvalue weighted by Gasteiger charge is 2.62. The summed E-state index contributed by atoms with van der Waals surface area (Å²) < 4.78 is 14.6. The largest absolute Gasteiger partial charge is 0.299 e. The topological polar surface area (TPSA) is 17.1 Å². The summed E-state index contributed by atoms with van der Waals surface area (Å²) in [4.78, 5) is 11.7. The van der Waals surface area contributed by atoms with Crippen molar-refractivity contribution in [3.8, 4) is 0 Å². The van der Waals surface area contributed by atoms with Crippen LogP contribution in [0.1, 0.15) is 71.6 Å². The molecule has 4 rings (SSSR count). The molecule has 4 aliphatic rings. The molecular weight excluding hydrogens is 263 g/mol. The van der Waals surface area contributed by atoms with Gasteiger partial charge in [-0.3, -0.25) is 4.79 Å². The van der Waals surface area contributed by atoms with Crippen molar-refractivity contribution in [1.29, 1.82) is 0 Å². The van der Waals surface area contributed by atoms with E-state index in [9.17, 15) is 9.18 Å². The van der Waals surface area contributed by atoms with E-state index in [1.807, 2.05) is 0 Å². The zero-order chi connectivity index (χ0) is 14.8. The number of alkyl halides is 1. The molecule has 21 heavy (non-hydrogen) atoms. The van der Waals surface area contributed by atoms with Gasteiger partial charge in [0.2, 0.25) is 0 Å². The summed E-state index contributed by atoms with van der Waals surface area (Å²) in [6, 6.07) is 0. The predicted molar refractivity (Wildman–Crippen MR) is 81.7 cm³/mol. The third-order valence-electron chi connectivity index (χ3n) is 7.93. The average molecular weight is 290 g/mol. The summed E-state index contributed by atoms with van der Waals surface area (Å²) in [7, 11) is 0. The lowest BCUT2D eigenvalue weighted by atomic mass is 9.47. The Morgan fingerprint density at radius 1 is 1.00 bits per heavy atom. The van der Waals surface area contributed by atoms with Gasteiger partial charge in [-0.1, -0.05) is 25.0 Å². The average Bonchev–Trinajstić information content (AvgIpc) is 2.71. The van der Waals surface area contributed by atoms with Crippen LogP contribution in [0.25, 0.3) is 0 Å². The van der Waals surface area contributed by atoms with Crippen LogP contribution in [0.3, 0.4) is 0 Å². The van der Waals surface area contributed by atoms with Crippen LogP contribution in [0, 0.1) is 22.7 Å². The first-order valence-corrected chi connectivity index (χ1v) is 8.82. The van der Waals surface area contributed by atoms with E-state index in [1.54, 1.807) is 5.57 Å². The van der Waals surface area contributed by atoms with Crippen molar-refractivity contribution in [3.05, 3.63) is 11.1 Å². The van der Waals surface area contributed by atoms with Crippen LogP contribution in [0.4, 0.5) is 4.39 Å². The molecular formula is C19H27FO. The maximum absolute atomic E-state index is 14.6. The molecule has 4 aliphatic carbocycles. The van der Waals surface area contributed by atoms with Crippen molar-refractivity contribution in [2.45, 2.75) is 77.8 Å². The normalized spacial score (nSPS) is 49.7. The molecule has 0 aliphatic heterocycles. The Labute approximate surface area is 127 Å². The van der Waals surface area contributed by atoms with Crippen molar-refractivity contribution in [2.24, 2.45) is 22.7 Å². The molecule has 2 heteroatoms. The molecule has 0 aromatic rings.